The number of nitro groups is 1. The topological polar surface area (TPSA) is 48.1 Å². The second-order valence-electron chi connectivity index (χ2n) is 7.06. The van der Waals surface area contributed by atoms with Crippen LogP contribution in [-0.4, -0.2) is 9.49 Å². The van der Waals surface area contributed by atoms with Gasteiger partial charge in [0.05, 0.1) is 21.6 Å². The minimum absolute atomic E-state index is 0.104. The number of hydrogen-bond donors (Lipinski definition) is 0. The van der Waals surface area contributed by atoms with Crippen LogP contribution in [0.3, 0.4) is 0 Å². The molecule has 0 aliphatic carbocycles. The van der Waals surface area contributed by atoms with E-state index < -0.39 is 0 Å². The van der Waals surface area contributed by atoms with E-state index in [0.717, 1.165) is 39.0 Å². The number of hydrogen-bond acceptors (Lipinski definition) is 2. The van der Waals surface area contributed by atoms with Gasteiger partial charge in [0.25, 0.3) is 5.69 Å². The molecule has 0 radical (unpaired) electrons. The van der Waals surface area contributed by atoms with Gasteiger partial charge in [-0.1, -0.05) is 60.7 Å². The molecule has 132 valence electrons. The number of para-hydroxylation sites is 2. The van der Waals surface area contributed by atoms with E-state index in [1.807, 2.05) is 30.3 Å². The van der Waals surface area contributed by atoms with E-state index in [1.54, 1.807) is 12.1 Å². The summed E-state index contributed by atoms with van der Waals surface area (Å²) in [5.41, 5.74) is 7.45. The van der Waals surface area contributed by atoms with E-state index in [1.165, 1.54) is 10.8 Å². The molecule has 0 bridgehead atoms. The molecule has 0 unspecified atom stereocenters. The SMILES string of the molecule is O=[N+]([O-])c1ccc2c(c1)-c1ccccc1-c1cccc3c4ccccc4n-2c13. The molecule has 2 heterocycles. The van der Waals surface area contributed by atoms with Crippen LogP contribution in [0.25, 0.3) is 49.7 Å². The maximum atomic E-state index is 11.5. The Morgan fingerprint density at radius 2 is 1.36 bits per heavy atom. The predicted octanol–water partition coefficient (Wildman–Crippen LogP) is 6.34. The monoisotopic (exact) mass is 362 g/mol. The Morgan fingerprint density at radius 3 is 2.18 bits per heavy atom. The third kappa shape index (κ3) is 1.84. The van der Waals surface area contributed by atoms with Gasteiger partial charge in [-0.3, -0.25) is 10.1 Å². The molecule has 0 fully saturated rings. The van der Waals surface area contributed by atoms with Crippen molar-refractivity contribution >= 4 is 27.5 Å². The third-order valence-electron chi connectivity index (χ3n) is 5.63. The van der Waals surface area contributed by atoms with Crippen LogP contribution in [0, 0.1) is 10.1 Å². The normalized spacial score (nSPS) is 11.9. The lowest BCUT2D eigenvalue weighted by Crippen LogP contribution is -1.97. The van der Waals surface area contributed by atoms with Crippen LogP contribution in [0.1, 0.15) is 0 Å². The Labute approximate surface area is 160 Å². The van der Waals surface area contributed by atoms with Gasteiger partial charge in [0.15, 0.2) is 0 Å². The van der Waals surface area contributed by atoms with Crippen molar-refractivity contribution < 1.29 is 4.92 Å². The van der Waals surface area contributed by atoms with Crippen molar-refractivity contribution in [2.75, 3.05) is 0 Å². The summed E-state index contributed by atoms with van der Waals surface area (Å²) in [7, 11) is 0. The van der Waals surface area contributed by atoms with Gasteiger partial charge in [0.2, 0.25) is 0 Å². The highest BCUT2D eigenvalue weighted by atomic mass is 16.6. The van der Waals surface area contributed by atoms with Crippen LogP contribution in [0.4, 0.5) is 5.69 Å². The standard InChI is InChI=1S/C24H14N2O2/c27-26(28)15-12-13-23-21(14-15)17-7-2-1-6-16(17)19-9-5-10-20-18-8-3-4-11-22(18)25(23)24(19)20/h1-14H. The maximum Gasteiger partial charge on any atom is 0.270 e. The summed E-state index contributed by atoms with van der Waals surface area (Å²) < 4.78 is 2.25. The van der Waals surface area contributed by atoms with E-state index >= 15 is 0 Å². The van der Waals surface area contributed by atoms with Crippen LogP contribution < -0.4 is 0 Å². The molecular weight excluding hydrogens is 348 g/mol. The summed E-state index contributed by atoms with van der Waals surface area (Å²) in [4.78, 5) is 11.1. The fraction of sp³-hybridized carbons (Fsp3) is 0. The molecular formula is C24H14N2O2. The lowest BCUT2D eigenvalue weighted by atomic mass is 9.93. The van der Waals surface area contributed by atoms with E-state index in [4.69, 9.17) is 0 Å². The molecule has 6 rings (SSSR count). The largest absolute Gasteiger partial charge is 0.308 e. The van der Waals surface area contributed by atoms with Gasteiger partial charge in [-0.15, -0.1) is 0 Å². The molecule has 1 aliphatic heterocycles. The number of non-ortho nitro benzene ring substituents is 1. The smallest absolute Gasteiger partial charge is 0.270 e. The first-order valence-corrected chi connectivity index (χ1v) is 9.15. The molecule has 0 saturated heterocycles. The average Bonchev–Trinajstić information content (AvgIpc) is 3.01. The summed E-state index contributed by atoms with van der Waals surface area (Å²) >= 11 is 0. The molecule has 1 aliphatic rings. The zero-order valence-corrected chi connectivity index (χ0v) is 14.8. The lowest BCUT2D eigenvalue weighted by molar-refractivity contribution is -0.384. The van der Waals surface area contributed by atoms with Gasteiger partial charge in [0.1, 0.15) is 0 Å². The van der Waals surface area contributed by atoms with Gasteiger partial charge in [0, 0.05) is 34.0 Å². The van der Waals surface area contributed by atoms with E-state index in [0.29, 0.717) is 0 Å². The van der Waals surface area contributed by atoms with Gasteiger partial charge >= 0.3 is 0 Å². The molecule has 5 aromatic rings. The molecule has 28 heavy (non-hydrogen) atoms. The Bertz CT molecular complexity index is 1450. The molecule has 0 spiro atoms. The summed E-state index contributed by atoms with van der Waals surface area (Å²) in [6.45, 7) is 0. The Hall–Kier alpha value is -3.92. The molecule has 0 N–H and O–H groups in total. The Morgan fingerprint density at radius 1 is 0.679 bits per heavy atom. The Balaban J connectivity index is 1.91. The number of rotatable bonds is 1. The maximum absolute atomic E-state index is 11.5. The van der Waals surface area contributed by atoms with Gasteiger partial charge in [-0.25, -0.2) is 0 Å². The highest BCUT2D eigenvalue weighted by molar-refractivity contribution is 6.16. The van der Waals surface area contributed by atoms with Crippen molar-refractivity contribution in [2.45, 2.75) is 0 Å². The minimum atomic E-state index is -0.329. The van der Waals surface area contributed by atoms with Crippen molar-refractivity contribution in [3.05, 3.63) is 95.0 Å². The fourth-order valence-corrected chi connectivity index (χ4v) is 4.49. The van der Waals surface area contributed by atoms with Crippen LogP contribution in [0.2, 0.25) is 0 Å². The first-order valence-electron chi connectivity index (χ1n) is 9.15. The first-order chi connectivity index (χ1) is 13.7. The minimum Gasteiger partial charge on any atom is -0.308 e. The summed E-state index contributed by atoms with van der Waals surface area (Å²) in [6.07, 6.45) is 0. The predicted molar refractivity (Wildman–Crippen MR) is 112 cm³/mol. The average molecular weight is 362 g/mol. The van der Waals surface area contributed by atoms with Gasteiger partial charge in [-0.05, 0) is 23.3 Å². The van der Waals surface area contributed by atoms with E-state index in [2.05, 4.69) is 47.0 Å². The van der Waals surface area contributed by atoms with Crippen molar-refractivity contribution in [3.8, 4) is 27.9 Å². The number of aromatic nitrogens is 1. The highest BCUT2D eigenvalue weighted by Gasteiger charge is 2.25. The number of fused-ring (bicyclic) bond motifs is 8. The molecule has 4 heteroatoms. The Kier molecular flexibility index (Phi) is 2.87. The van der Waals surface area contributed by atoms with Crippen molar-refractivity contribution in [3.63, 3.8) is 0 Å². The molecule has 4 aromatic carbocycles. The van der Waals surface area contributed by atoms with E-state index in [-0.39, 0.29) is 10.6 Å². The number of benzene rings is 4. The van der Waals surface area contributed by atoms with Crippen molar-refractivity contribution in [1.29, 1.82) is 0 Å². The summed E-state index contributed by atoms with van der Waals surface area (Å²) in [5.74, 6) is 0. The number of nitro benzene ring substituents is 1. The van der Waals surface area contributed by atoms with Crippen LogP contribution in [-0.2, 0) is 0 Å². The summed E-state index contributed by atoms with van der Waals surface area (Å²) in [6, 6.07) is 28.0. The van der Waals surface area contributed by atoms with Crippen LogP contribution in [0.15, 0.2) is 84.9 Å². The lowest BCUT2D eigenvalue weighted by Gasteiger charge is -2.12. The fourth-order valence-electron chi connectivity index (χ4n) is 4.49. The van der Waals surface area contributed by atoms with Gasteiger partial charge in [-0.2, -0.15) is 0 Å². The second kappa shape index (κ2) is 5.30. The van der Waals surface area contributed by atoms with Crippen molar-refractivity contribution in [2.24, 2.45) is 0 Å². The van der Waals surface area contributed by atoms with Crippen molar-refractivity contribution in [1.82, 2.24) is 4.57 Å². The molecule has 1 aromatic heterocycles. The molecule has 0 atom stereocenters. The van der Waals surface area contributed by atoms with Gasteiger partial charge < -0.3 is 4.57 Å². The molecule has 4 nitrogen and oxygen atoms in total. The highest BCUT2D eigenvalue weighted by Crippen LogP contribution is 2.46. The first kappa shape index (κ1) is 15.2. The van der Waals surface area contributed by atoms with Crippen LogP contribution >= 0.6 is 0 Å². The van der Waals surface area contributed by atoms with E-state index in [9.17, 15) is 10.1 Å². The number of nitrogens with zero attached hydrogens (tertiary/aromatic N) is 2. The molecule has 0 saturated carbocycles. The van der Waals surface area contributed by atoms with Crippen LogP contribution in [0.5, 0.6) is 0 Å². The third-order valence-corrected chi connectivity index (χ3v) is 5.63. The zero-order chi connectivity index (χ0) is 18.8. The second-order valence-corrected chi connectivity index (χ2v) is 7.06. The summed E-state index contributed by atoms with van der Waals surface area (Å²) in [5, 5.41) is 13.8. The molecule has 0 amide bonds. The quantitative estimate of drug-likeness (QED) is 0.253. The zero-order valence-electron chi connectivity index (χ0n) is 14.8.